The summed E-state index contributed by atoms with van der Waals surface area (Å²) >= 11 is 0. The Balaban J connectivity index is 1.33. The molecule has 0 aliphatic heterocycles. The van der Waals surface area contributed by atoms with Gasteiger partial charge in [0.2, 0.25) is 0 Å². The van der Waals surface area contributed by atoms with Crippen LogP contribution in [0.25, 0.3) is 78.9 Å². The topological polar surface area (TPSA) is 77.6 Å². The Morgan fingerprint density at radius 2 is 0.837 bits per heavy atom. The zero-order chi connectivity index (χ0) is 28.6. The second-order valence-corrected chi connectivity index (χ2v) is 10.2. The van der Waals surface area contributed by atoms with Crippen LogP contribution in [-0.2, 0) is 0 Å². The van der Waals surface area contributed by atoms with Gasteiger partial charge in [0.1, 0.15) is 16.8 Å². The maximum Gasteiger partial charge on any atom is 0.180 e. The molecule has 6 heteroatoms. The van der Waals surface area contributed by atoms with E-state index in [1.807, 2.05) is 133 Å². The van der Waals surface area contributed by atoms with Crippen molar-refractivity contribution in [1.82, 2.24) is 24.9 Å². The normalized spacial score (nSPS) is 11.3. The van der Waals surface area contributed by atoms with Crippen molar-refractivity contribution >= 4 is 22.1 Å². The van der Waals surface area contributed by atoms with Gasteiger partial charge in [-0.15, -0.1) is 0 Å². The standard InChI is InChI=1S/C37H23N5O/c1-4-13-24(14-5-1)34-38-31(33-32(39-34)29-21-10-11-22-30(29)43-33)27-19-12-20-28(23-27)37-41-35(25-15-6-2-7-16-25)40-36(42-37)26-17-8-3-9-18-26/h1-23H. The van der Waals surface area contributed by atoms with Gasteiger partial charge in [-0.05, 0) is 18.2 Å². The number of aromatic nitrogens is 5. The minimum atomic E-state index is 0.577. The molecule has 0 aliphatic carbocycles. The maximum absolute atomic E-state index is 6.36. The Hall–Kier alpha value is -6.01. The van der Waals surface area contributed by atoms with Crippen LogP contribution in [0.1, 0.15) is 0 Å². The second-order valence-electron chi connectivity index (χ2n) is 10.2. The Morgan fingerprint density at radius 1 is 0.372 bits per heavy atom. The quantitative estimate of drug-likeness (QED) is 0.212. The van der Waals surface area contributed by atoms with Crippen LogP contribution in [0.3, 0.4) is 0 Å². The molecular weight excluding hydrogens is 530 g/mol. The van der Waals surface area contributed by atoms with Gasteiger partial charge in [0.25, 0.3) is 0 Å². The number of benzene rings is 5. The molecule has 3 aromatic heterocycles. The molecule has 3 heterocycles. The van der Waals surface area contributed by atoms with Crippen LogP contribution in [-0.4, -0.2) is 24.9 Å². The Labute approximate surface area is 247 Å². The summed E-state index contributed by atoms with van der Waals surface area (Å²) in [5.41, 5.74) is 7.41. The number of para-hydroxylation sites is 1. The van der Waals surface area contributed by atoms with Crippen molar-refractivity contribution in [3.63, 3.8) is 0 Å². The van der Waals surface area contributed by atoms with Crippen molar-refractivity contribution in [1.29, 1.82) is 0 Å². The lowest BCUT2D eigenvalue weighted by Crippen LogP contribution is -2.00. The van der Waals surface area contributed by atoms with E-state index in [2.05, 4.69) is 6.07 Å². The predicted molar refractivity (Wildman–Crippen MR) is 170 cm³/mol. The summed E-state index contributed by atoms with van der Waals surface area (Å²) in [6, 6.07) is 46.0. The van der Waals surface area contributed by atoms with Crippen LogP contribution >= 0.6 is 0 Å². The van der Waals surface area contributed by atoms with Crippen LogP contribution in [0.4, 0.5) is 0 Å². The van der Waals surface area contributed by atoms with Gasteiger partial charge in [-0.25, -0.2) is 24.9 Å². The minimum absolute atomic E-state index is 0.577. The van der Waals surface area contributed by atoms with Gasteiger partial charge >= 0.3 is 0 Å². The third kappa shape index (κ3) is 4.61. The lowest BCUT2D eigenvalue weighted by Gasteiger charge is -2.10. The smallest absolute Gasteiger partial charge is 0.180 e. The third-order valence-electron chi connectivity index (χ3n) is 7.35. The van der Waals surface area contributed by atoms with Gasteiger partial charge in [-0.2, -0.15) is 0 Å². The molecule has 5 aromatic carbocycles. The summed E-state index contributed by atoms with van der Waals surface area (Å²) in [6.45, 7) is 0. The summed E-state index contributed by atoms with van der Waals surface area (Å²) in [5, 5.41) is 0.951. The van der Waals surface area contributed by atoms with Crippen LogP contribution in [0.15, 0.2) is 144 Å². The molecule has 202 valence electrons. The van der Waals surface area contributed by atoms with E-state index in [0.717, 1.165) is 44.3 Å². The molecule has 6 nitrogen and oxygen atoms in total. The van der Waals surface area contributed by atoms with Crippen molar-refractivity contribution in [2.45, 2.75) is 0 Å². The first-order valence-electron chi connectivity index (χ1n) is 14.0. The fraction of sp³-hybridized carbons (Fsp3) is 0. The van der Waals surface area contributed by atoms with E-state index in [1.54, 1.807) is 0 Å². The first-order valence-corrected chi connectivity index (χ1v) is 14.0. The largest absolute Gasteiger partial charge is 0.452 e. The highest BCUT2D eigenvalue weighted by Gasteiger charge is 2.19. The van der Waals surface area contributed by atoms with Crippen LogP contribution in [0, 0.1) is 0 Å². The van der Waals surface area contributed by atoms with E-state index < -0.39 is 0 Å². The SMILES string of the molecule is c1ccc(-c2nc(-c3ccccc3)nc(-c3cccc(-c4nc(-c5ccccc5)nc5c4oc4ccccc45)c3)n2)cc1. The summed E-state index contributed by atoms with van der Waals surface area (Å²) in [5.74, 6) is 2.44. The molecule has 0 aliphatic rings. The highest BCUT2D eigenvalue weighted by Crippen LogP contribution is 2.36. The molecule has 0 amide bonds. The van der Waals surface area contributed by atoms with Crippen molar-refractivity contribution in [2.24, 2.45) is 0 Å². The van der Waals surface area contributed by atoms with Gasteiger partial charge in [-0.3, -0.25) is 0 Å². The Morgan fingerprint density at radius 3 is 1.44 bits per heavy atom. The monoisotopic (exact) mass is 553 g/mol. The molecule has 0 fully saturated rings. The maximum atomic E-state index is 6.36. The molecule has 0 saturated heterocycles. The van der Waals surface area contributed by atoms with E-state index in [0.29, 0.717) is 34.6 Å². The zero-order valence-electron chi connectivity index (χ0n) is 22.9. The zero-order valence-corrected chi connectivity index (χ0v) is 22.9. The molecule has 0 radical (unpaired) electrons. The van der Waals surface area contributed by atoms with Gasteiger partial charge in [0.15, 0.2) is 28.9 Å². The average molecular weight is 554 g/mol. The summed E-state index contributed by atoms with van der Waals surface area (Å²) in [4.78, 5) is 24.7. The van der Waals surface area contributed by atoms with Crippen molar-refractivity contribution in [2.75, 3.05) is 0 Å². The number of hydrogen-bond acceptors (Lipinski definition) is 6. The highest BCUT2D eigenvalue weighted by atomic mass is 16.3. The molecular formula is C37H23N5O. The number of rotatable bonds is 5. The van der Waals surface area contributed by atoms with E-state index in [9.17, 15) is 0 Å². The van der Waals surface area contributed by atoms with E-state index in [4.69, 9.17) is 29.3 Å². The van der Waals surface area contributed by atoms with Gasteiger partial charge < -0.3 is 4.42 Å². The first-order chi connectivity index (χ1) is 21.3. The molecule has 0 bridgehead atoms. The van der Waals surface area contributed by atoms with Crippen LogP contribution < -0.4 is 0 Å². The second kappa shape index (κ2) is 10.4. The van der Waals surface area contributed by atoms with E-state index in [1.165, 1.54) is 0 Å². The molecule has 43 heavy (non-hydrogen) atoms. The highest BCUT2D eigenvalue weighted by molar-refractivity contribution is 6.07. The molecule has 0 saturated carbocycles. The van der Waals surface area contributed by atoms with Crippen molar-refractivity contribution in [3.05, 3.63) is 140 Å². The third-order valence-corrected chi connectivity index (χ3v) is 7.35. The number of furan rings is 1. The molecule has 0 spiro atoms. The molecule has 0 unspecified atom stereocenters. The molecule has 0 N–H and O–H groups in total. The fourth-order valence-corrected chi connectivity index (χ4v) is 5.25. The first kappa shape index (κ1) is 24.8. The lowest BCUT2D eigenvalue weighted by atomic mass is 10.1. The van der Waals surface area contributed by atoms with Gasteiger partial charge in [0, 0.05) is 33.2 Å². The lowest BCUT2D eigenvalue weighted by molar-refractivity contribution is 0.667. The number of nitrogens with zero attached hydrogens (tertiary/aromatic N) is 5. The van der Waals surface area contributed by atoms with Gasteiger partial charge in [-0.1, -0.05) is 121 Å². The Kier molecular flexibility index (Phi) is 6.01. The van der Waals surface area contributed by atoms with Crippen LogP contribution in [0.2, 0.25) is 0 Å². The minimum Gasteiger partial charge on any atom is -0.452 e. The average Bonchev–Trinajstić information content (AvgIpc) is 3.48. The van der Waals surface area contributed by atoms with E-state index >= 15 is 0 Å². The predicted octanol–water partition coefficient (Wildman–Crippen LogP) is 8.90. The molecule has 8 aromatic rings. The van der Waals surface area contributed by atoms with Crippen LogP contribution in [0.5, 0.6) is 0 Å². The van der Waals surface area contributed by atoms with Crippen molar-refractivity contribution in [3.8, 4) is 56.8 Å². The number of fused-ring (bicyclic) bond motifs is 3. The van der Waals surface area contributed by atoms with Crippen molar-refractivity contribution < 1.29 is 4.42 Å². The number of hydrogen-bond donors (Lipinski definition) is 0. The molecule has 8 rings (SSSR count). The van der Waals surface area contributed by atoms with Gasteiger partial charge in [0.05, 0.1) is 0 Å². The summed E-state index contributed by atoms with van der Waals surface area (Å²) in [6.07, 6.45) is 0. The Bertz CT molecular complexity index is 2170. The summed E-state index contributed by atoms with van der Waals surface area (Å²) in [7, 11) is 0. The molecule has 0 atom stereocenters. The fourth-order valence-electron chi connectivity index (χ4n) is 5.25. The summed E-state index contributed by atoms with van der Waals surface area (Å²) < 4.78 is 6.36. The van der Waals surface area contributed by atoms with E-state index in [-0.39, 0.29) is 0 Å².